The summed E-state index contributed by atoms with van der Waals surface area (Å²) in [6.45, 7) is 3.79. The molecule has 98 valence electrons. The van der Waals surface area contributed by atoms with Gasteiger partial charge in [-0.2, -0.15) is 0 Å². The van der Waals surface area contributed by atoms with E-state index in [2.05, 4.69) is 31.2 Å². The average molecular weight is 254 g/mol. The second kappa shape index (κ2) is 6.19. The van der Waals surface area contributed by atoms with Gasteiger partial charge in [-0.05, 0) is 42.2 Å². The van der Waals surface area contributed by atoms with Gasteiger partial charge in [0.2, 0.25) is 0 Å². The number of benzene rings is 2. The first-order valence-corrected chi connectivity index (χ1v) is 6.50. The van der Waals surface area contributed by atoms with Crippen LogP contribution in [0.2, 0.25) is 0 Å². The van der Waals surface area contributed by atoms with Crippen LogP contribution in [-0.4, -0.2) is 12.4 Å². The summed E-state index contributed by atoms with van der Waals surface area (Å²) in [5.41, 5.74) is 3.59. The van der Waals surface area contributed by atoms with Crippen LogP contribution in [0.5, 0.6) is 5.75 Å². The predicted octanol–water partition coefficient (Wildman–Crippen LogP) is 3.88. The molecule has 0 spiro atoms. The van der Waals surface area contributed by atoms with E-state index in [1.54, 1.807) is 0 Å². The zero-order valence-corrected chi connectivity index (χ0v) is 11.3. The van der Waals surface area contributed by atoms with E-state index in [9.17, 15) is 4.79 Å². The van der Waals surface area contributed by atoms with Crippen LogP contribution >= 0.6 is 0 Å². The van der Waals surface area contributed by atoms with Gasteiger partial charge in [-0.3, -0.25) is 4.79 Å². The first-order valence-electron chi connectivity index (χ1n) is 6.50. The van der Waals surface area contributed by atoms with Gasteiger partial charge in [0.15, 0.2) is 5.78 Å². The van der Waals surface area contributed by atoms with Gasteiger partial charge in [0.05, 0.1) is 0 Å². The summed E-state index contributed by atoms with van der Waals surface area (Å²) in [5.74, 6) is 0.755. The number of ketones is 1. The van der Waals surface area contributed by atoms with Crippen LogP contribution in [-0.2, 0) is 11.2 Å². The Hall–Kier alpha value is -2.09. The van der Waals surface area contributed by atoms with E-state index >= 15 is 0 Å². The van der Waals surface area contributed by atoms with E-state index in [1.165, 1.54) is 12.5 Å². The zero-order valence-electron chi connectivity index (χ0n) is 11.3. The van der Waals surface area contributed by atoms with Crippen LogP contribution < -0.4 is 4.74 Å². The molecule has 0 heterocycles. The first-order chi connectivity index (χ1) is 9.19. The Morgan fingerprint density at radius 3 is 2.42 bits per heavy atom. The third kappa shape index (κ3) is 3.68. The van der Waals surface area contributed by atoms with Crippen molar-refractivity contribution in [3.63, 3.8) is 0 Å². The van der Waals surface area contributed by atoms with Crippen molar-refractivity contribution < 1.29 is 9.53 Å². The number of rotatable bonds is 5. The largest absolute Gasteiger partial charge is 0.486 e. The third-order valence-electron chi connectivity index (χ3n) is 2.97. The summed E-state index contributed by atoms with van der Waals surface area (Å²) in [5, 5.41) is 0. The number of carbonyl (C=O) groups is 1. The van der Waals surface area contributed by atoms with E-state index in [0.29, 0.717) is 0 Å². The number of aryl methyl sites for hydroxylation is 1. The predicted molar refractivity (Wildman–Crippen MR) is 77.4 cm³/mol. The van der Waals surface area contributed by atoms with Crippen molar-refractivity contribution in [1.82, 2.24) is 0 Å². The maximum atomic E-state index is 10.9. The number of carbonyl (C=O) groups excluding carboxylic acids is 1. The second-order valence-corrected chi connectivity index (χ2v) is 4.57. The summed E-state index contributed by atoms with van der Waals surface area (Å²) in [6, 6.07) is 16.3. The van der Waals surface area contributed by atoms with Crippen LogP contribution in [0, 0.1) is 0 Å². The lowest BCUT2D eigenvalue weighted by molar-refractivity contribution is -0.118. The highest BCUT2D eigenvalue weighted by molar-refractivity contribution is 5.77. The van der Waals surface area contributed by atoms with Gasteiger partial charge in [-0.25, -0.2) is 0 Å². The molecule has 0 N–H and O–H groups in total. The van der Waals surface area contributed by atoms with E-state index in [1.807, 2.05) is 24.3 Å². The molecule has 19 heavy (non-hydrogen) atoms. The van der Waals surface area contributed by atoms with E-state index in [4.69, 9.17) is 4.74 Å². The van der Waals surface area contributed by atoms with Crippen LogP contribution in [0.1, 0.15) is 19.4 Å². The van der Waals surface area contributed by atoms with Gasteiger partial charge in [0.25, 0.3) is 0 Å². The monoisotopic (exact) mass is 254 g/mol. The quantitative estimate of drug-likeness (QED) is 0.809. The van der Waals surface area contributed by atoms with Crippen LogP contribution in [0.4, 0.5) is 0 Å². The highest BCUT2D eigenvalue weighted by atomic mass is 16.5. The SMILES string of the molecule is CCc1ccc(-c2cccc(OCC(C)=O)c2)cc1. The van der Waals surface area contributed by atoms with Crippen molar-refractivity contribution in [2.75, 3.05) is 6.61 Å². The van der Waals surface area contributed by atoms with E-state index in [0.717, 1.165) is 23.3 Å². The van der Waals surface area contributed by atoms with Crippen LogP contribution in [0.15, 0.2) is 48.5 Å². The van der Waals surface area contributed by atoms with Gasteiger partial charge >= 0.3 is 0 Å². The molecule has 2 heteroatoms. The minimum absolute atomic E-state index is 0.0256. The number of hydrogen-bond acceptors (Lipinski definition) is 2. The van der Waals surface area contributed by atoms with Crippen molar-refractivity contribution in [2.45, 2.75) is 20.3 Å². The van der Waals surface area contributed by atoms with Gasteiger partial charge in [-0.1, -0.05) is 43.3 Å². The lowest BCUT2D eigenvalue weighted by Crippen LogP contribution is -2.06. The van der Waals surface area contributed by atoms with Gasteiger partial charge in [-0.15, -0.1) is 0 Å². The zero-order chi connectivity index (χ0) is 13.7. The second-order valence-electron chi connectivity index (χ2n) is 4.57. The standard InChI is InChI=1S/C17H18O2/c1-3-14-7-9-15(10-8-14)16-5-4-6-17(11-16)19-12-13(2)18/h4-11H,3,12H2,1-2H3. The number of Topliss-reactive ketones (excluding diaryl/α,β-unsaturated/α-hetero) is 1. The summed E-state index contributed by atoms with van der Waals surface area (Å²) >= 11 is 0. The molecule has 0 radical (unpaired) electrons. The molecular formula is C17H18O2. The molecule has 2 nitrogen and oxygen atoms in total. The van der Waals surface area contributed by atoms with Crippen LogP contribution in [0.3, 0.4) is 0 Å². The molecule has 0 aliphatic heterocycles. The van der Waals surface area contributed by atoms with Crippen molar-refractivity contribution >= 4 is 5.78 Å². The summed E-state index contributed by atoms with van der Waals surface area (Å²) < 4.78 is 5.42. The van der Waals surface area contributed by atoms with Gasteiger partial charge < -0.3 is 4.74 Å². The Morgan fingerprint density at radius 2 is 1.79 bits per heavy atom. The number of ether oxygens (including phenoxy) is 1. The number of hydrogen-bond donors (Lipinski definition) is 0. The Balaban J connectivity index is 2.19. The third-order valence-corrected chi connectivity index (χ3v) is 2.97. The van der Waals surface area contributed by atoms with Gasteiger partial charge in [0, 0.05) is 0 Å². The van der Waals surface area contributed by atoms with Crippen molar-refractivity contribution in [2.24, 2.45) is 0 Å². The lowest BCUT2D eigenvalue weighted by Gasteiger charge is -2.07. The summed E-state index contributed by atoms with van der Waals surface area (Å²) in [6.07, 6.45) is 1.04. The Kier molecular flexibility index (Phi) is 4.35. The molecule has 2 aromatic rings. The van der Waals surface area contributed by atoms with Gasteiger partial charge in [0.1, 0.15) is 12.4 Å². The molecule has 2 rings (SSSR count). The van der Waals surface area contributed by atoms with E-state index < -0.39 is 0 Å². The fourth-order valence-corrected chi connectivity index (χ4v) is 1.88. The molecule has 0 amide bonds. The molecule has 0 saturated heterocycles. The highest BCUT2D eigenvalue weighted by Gasteiger charge is 2.01. The van der Waals surface area contributed by atoms with Crippen LogP contribution in [0.25, 0.3) is 11.1 Å². The normalized spacial score (nSPS) is 10.2. The fraction of sp³-hybridized carbons (Fsp3) is 0.235. The minimum Gasteiger partial charge on any atom is -0.486 e. The Morgan fingerprint density at radius 1 is 1.05 bits per heavy atom. The summed E-state index contributed by atoms with van der Waals surface area (Å²) in [4.78, 5) is 10.9. The first kappa shape index (κ1) is 13.3. The molecule has 2 aromatic carbocycles. The molecule has 0 aliphatic rings. The molecule has 0 aromatic heterocycles. The smallest absolute Gasteiger partial charge is 0.167 e. The molecule has 0 bridgehead atoms. The lowest BCUT2D eigenvalue weighted by atomic mass is 10.0. The van der Waals surface area contributed by atoms with Crippen molar-refractivity contribution in [1.29, 1.82) is 0 Å². The summed E-state index contributed by atoms with van der Waals surface area (Å²) in [7, 11) is 0. The Labute approximate surface area is 114 Å². The molecule has 0 aliphatic carbocycles. The topological polar surface area (TPSA) is 26.3 Å². The van der Waals surface area contributed by atoms with Crippen molar-refractivity contribution in [3.8, 4) is 16.9 Å². The maximum Gasteiger partial charge on any atom is 0.167 e. The molecule has 0 unspecified atom stereocenters. The molecule has 0 fully saturated rings. The minimum atomic E-state index is 0.0256. The van der Waals surface area contributed by atoms with Crippen molar-refractivity contribution in [3.05, 3.63) is 54.1 Å². The Bertz CT molecular complexity index is 556. The highest BCUT2D eigenvalue weighted by Crippen LogP contribution is 2.24. The fourth-order valence-electron chi connectivity index (χ4n) is 1.88. The average Bonchev–Trinajstić information content (AvgIpc) is 2.45. The molecule has 0 atom stereocenters. The maximum absolute atomic E-state index is 10.9. The molecular weight excluding hydrogens is 236 g/mol. The molecule has 0 saturated carbocycles. The van der Waals surface area contributed by atoms with E-state index in [-0.39, 0.29) is 12.4 Å².